The van der Waals surface area contributed by atoms with Crippen molar-refractivity contribution in [1.29, 1.82) is 0 Å². The van der Waals surface area contributed by atoms with Gasteiger partial charge in [-0.2, -0.15) is 0 Å². The van der Waals surface area contributed by atoms with Crippen LogP contribution in [0.25, 0.3) is 0 Å². The van der Waals surface area contributed by atoms with Gasteiger partial charge in [0.2, 0.25) is 0 Å². The molecule has 0 bridgehead atoms. The first-order chi connectivity index (χ1) is 16.9. The highest BCUT2D eigenvalue weighted by Crippen LogP contribution is 2.20. The minimum absolute atomic E-state index is 0.0328. The van der Waals surface area contributed by atoms with Gasteiger partial charge < -0.3 is 19.5 Å². The van der Waals surface area contributed by atoms with Crippen LogP contribution in [0, 0.1) is 0 Å². The SMILES string of the molecule is [2H]C([2H])([2H])OC([2H])([2H])C([2H])([2H])Oc1ccc(N2C([2H])([2H])C([2H])([2H])N(C([2H])([2H])C([2H])([2H])O)C([2H])([2H])C2([2H])[2H])cc1. The smallest absolute Gasteiger partial charge is 0.119 e. The number of rotatable bonds is 7. The van der Waals surface area contributed by atoms with Gasteiger partial charge in [-0.05, 0) is 24.3 Å². The summed E-state index contributed by atoms with van der Waals surface area (Å²) in [6.07, 6.45) is 0. The van der Waals surface area contributed by atoms with Gasteiger partial charge in [0, 0.05) is 53.4 Å². The molecule has 0 amide bonds. The second-order valence-corrected chi connectivity index (χ2v) is 3.24. The van der Waals surface area contributed by atoms with E-state index in [1.54, 1.807) is 0 Å². The van der Waals surface area contributed by atoms with Crippen molar-refractivity contribution in [3.8, 4) is 5.75 Å². The maximum absolute atomic E-state index is 9.64. The Morgan fingerprint density at radius 2 is 2.00 bits per heavy atom. The van der Waals surface area contributed by atoms with E-state index in [0.29, 0.717) is 0 Å². The van der Waals surface area contributed by atoms with Crippen molar-refractivity contribution in [3.63, 3.8) is 0 Å². The molecule has 20 heavy (non-hydrogen) atoms. The molecule has 112 valence electrons. The van der Waals surface area contributed by atoms with Gasteiger partial charge >= 0.3 is 0 Å². The van der Waals surface area contributed by atoms with Crippen molar-refractivity contribution < 1.29 is 40.6 Å². The van der Waals surface area contributed by atoms with Crippen LogP contribution >= 0.6 is 0 Å². The Morgan fingerprint density at radius 1 is 1.25 bits per heavy atom. The summed E-state index contributed by atoms with van der Waals surface area (Å²) in [5.41, 5.74) is -0.598. The predicted octanol–water partition coefficient (Wildman–Crippen LogP) is 0.826. The summed E-state index contributed by atoms with van der Waals surface area (Å²) < 4.78 is 157. The number of β-amino-alcohol motifs (C(OH)–C–C–N with tert-alkyl or cyclic N) is 1. The fraction of sp³-hybridized carbons (Fsp3) is 0.600. The first kappa shape index (κ1) is 3.91. The second kappa shape index (κ2) is 8.09. The van der Waals surface area contributed by atoms with Crippen LogP contribution in [0.5, 0.6) is 5.75 Å². The van der Waals surface area contributed by atoms with Crippen LogP contribution in [0.3, 0.4) is 0 Å². The maximum atomic E-state index is 9.64. The molecule has 2 rings (SSSR count). The lowest BCUT2D eigenvalue weighted by molar-refractivity contribution is 0.146. The third-order valence-electron chi connectivity index (χ3n) is 2.07. The molecule has 1 aliphatic rings. The molecular weight excluding hydrogens is 256 g/mol. The Balaban J connectivity index is 2.57. The van der Waals surface area contributed by atoms with E-state index in [1.165, 1.54) is 0 Å². The number of hydrogen-bond donors (Lipinski definition) is 1. The second-order valence-electron chi connectivity index (χ2n) is 3.24. The standard InChI is InChI=1S/C15H24N2O3/c1-19-12-13-20-15-4-2-14(3-5-15)17-8-6-16(7-9-17)10-11-18/h2-5,18H,6-13H2,1H3/i1D3,6D2,7D2,8D2,9D2,10D2,11D2,12D2,13D2. The average Bonchev–Trinajstić information content (AvgIpc) is 2.64. The summed E-state index contributed by atoms with van der Waals surface area (Å²) >= 11 is 0. The molecule has 1 N–H and O–H groups in total. The molecule has 0 atom stereocenters. The summed E-state index contributed by atoms with van der Waals surface area (Å²) in [7, 11) is -3.34. The minimum Gasteiger partial charge on any atom is -0.491 e. The molecule has 1 aromatic carbocycles. The van der Waals surface area contributed by atoms with Gasteiger partial charge in [-0.15, -0.1) is 0 Å². The van der Waals surface area contributed by atoms with Crippen molar-refractivity contribution in [1.82, 2.24) is 4.90 Å². The summed E-state index contributed by atoms with van der Waals surface area (Å²) in [6.45, 7) is -29.9. The van der Waals surface area contributed by atoms with Gasteiger partial charge in [-0.3, -0.25) is 4.90 Å². The lowest BCUT2D eigenvalue weighted by Gasteiger charge is -2.35. The molecular formula is C15H24N2O3. The van der Waals surface area contributed by atoms with Crippen LogP contribution in [-0.2, 0) is 4.74 Å². The highest BCUT2D eigenvalue weighted by molar-refractivity contribution is 5.49. The fourth-order valence-electron chi connectivity index (χ4n) is 1.25. The number of aliphatic hydroxyl groups is 1. The van der Waals surface area contributed by atoms with E-state index in [2.05, 4.69) is 4.74 Å². The Hall–Kier alpha value is -1.30. The maximum Gasteiger partial charge on any atom is 0.119 e. The Bertz CT molecular complexity index is 1020. The van der Waals surface area contributed by atoms with Gasteiger partial charge in [-0.25, -0.2) is 0 Å². The van der Waals surface area contributed by atoms with E-state index in [9.17, 15) is 5.11 Å². The summed E-state index contributed by atoms with van der Waals surface area (Å²) in [5.74, 6) is -0.516. The van der Waals surface area contributed by atoms with Crippen molar-refractivity contribution in [2.45, 2.75) is 0 Å². The van der Waals surface area contributed by atoms with Crippen LogP contribution in [0.1, 0.15) is 26.0 Å². The zero-order valence-corrected chi connectivity index (χ0v) is 9.97. The summed E-state index contributed by atoms with van der Waals surface area (Å²) in [6, 6.07) is 3.27. The molecule has 5 heteroatoms. The lowest BCUT2D eigenvalue weighted by Crippen LogP contribution is -2.47. The highest BCUT2D eigenvalue weighted by Gasteiger charge is 2.16. The van der Waals surface area contributed by atoms with Gasteiger partial charge in [0.25, 0.3) is 0 Å². The Morgan fingerprint density at radius 3 is 2.65 bits per heavy atom. The molecule has 1 saturated heterocycles. The molecule has 1 aliphatic heterocycles. The van der Waals surface area contributed by atoms with E-state index in [-0.39, 0.29) is 4.90 Å². The monoisotopic (exact) mass is 299 g/mol. The third-order valence-corrected chi connectivity index (χ3v) is 2.07. The average molecular weight is 299 g/mol. The zero-order valence-electron chi connectivity index (χ0n) is 29.0. The van der Waals surface area contributed by atoms with Crippen molar-refractivity contribution in [3.05, 3.63) is 24.3 Å². The van der Waals surface area contributed by atoms with E-state index in [1.807, 2.05) is 0 Å². The molecule has 0 saturated carbocycles. The number of benzene rings is 1. The van der Waals surface area contributed by atoms with E-state index < -0.39 is 75.5 Å². The molecule has 1 aromatic rings. The van der Waals surface area contributed by atoms with Crippen LogP contribution in [0.2, 0.25) is 0 Å². The fourth-order valence-corrected chi connectivity index (χ4v) is 1.25. The number of hydrogen-bond acceptors (Lipinski definition) is 5. The number of ether oxygens (including phenoxy) is 2. The predicted molar refractivity (Wildman–Crippen MR) is 79.6 cm³/mol. The topological polar surface area (TPSA) is 45.2 Å². The minimum atomic E-state index is -3.99. The number of anilines is 1. The van der Waals surface area contributed by atoms with Crippen molar-refractivity contribution in [2.24, 2.45) is 0 Å². The van der Waals surface area contributed by atoms with Gasteiger partial charge in [-0.1, -0.05) is 0 Å². The molecule has 5 nitrogen and oxygen atoms in total. The Kier molecular flexibility index (Phi) is 1.58. The Labute approximate surface area is 147 Å². The number of piperazine rings is 1. The zero-order chi connectivity index (χ0) is 31.1. The largest absolute Gasteiger partial charge is 0.491 e. The quantitative estimate of drug-likeness (QED) is 0.808. The van der Waals surface area contributed by atoms with Crippen molar-refractivity contribution >= 4 is 5.69 Å². The van der Waals surface area contributed by atoms with Crippen LogP contribution in [-0.4, -0.2) is 69.2 Å². The molecule has 0 radical (unpaired) electrons. The lowest BCUT2D eigenvalue weighted by atomic mass is 10.2. The molecule has 1 heterocycles. The summed E-state index contributed by atoms with van der Waals surface area (Å²) in [5, 5.41) is 9.64. The first-order valence-corrected chi connectivity index (χ1v) is 5.20. The van der Waals surface area contributed by atoms with Crippen LogP contribution in [0.4, 0.5) is 5.69 Å². The van der Waals surface area contributed by atoms with Gasteiger partial charge in [0.05, 0.1) is 30.9 Å². The van der Waals surface area contributed by atoms with E-state index >= 15 is 0 Å². The van der Waals surface area contributed by atoms with Crippen LogP contribution in [0.15, 0.2) is 24.3 Å². The molecule has 1 fully saturated rings. The van der Waals surface area contributed by atoms with E-state index in [4.69, 9.17) is 30.8 Å². The molecule has 0 spiro atoms. The first-order valence-electron chi connectivity index (χ1n) is 14.7. The third kappa shape index (κ3) is 4.37. The van der Waals surface area contributed by atoms with Gasteiger partial charge in [0.15, 0.2) is 0 Å². The summed E-state index contributed by atoms with van der Waals surface area (Å²) in [4.78, 5) is -0.725. The molecule has 0 aromatic heterocycles. The van der Waals surface area contributed by atoms with Crippen molar-refractivity contribution in [2.75, 3.05) is 64.1 Å². The normalized spacial score (nSPS) is 44.0. The highest BCUT2D eigenvalue weighted by atomic mass is 16.5. The molecule has 0 aliphatic carbocycles. The van der Waals surface area contributed by atoms with Crippen LogP contribution < -0.4 is 9.64 Å². The number of methoxy groups -OCH3 is 1. The number of nitrogens with zero attached hydrogens (tertiary/aromatic N) is 2. The molecule has 0 unspecified atom stereocenters. The van der Waals surface area contributed by atoms with Gasteiger partial charge in [0.1, 0.15) is 12.3 Å². The van der Waals surface area contributed by atoms with E-state index in [0.717, 1.165) is 24.3 Å².